The van der Waals surface area contributed by atoms with Crippen LogP contribution in [-0.4, -0.2) is 29.1 Å². The first-order chi connectivity index (χ1) is 9.51. The zero-order valence-electron chi connectivity index (χ0n) is 12.0. The molecule has 0 saturated carbocycles. The molecule has 1 aromatic heterocycles. The van der Waals surface area contributed by atoms with Crippen LogP contribution in [0.15, 0.2) is 16.7 Å². The van der Waals surface area contributed by atoms with E-state index in [-0.39, 0.29) is 5.56 Å². The number of piperidine rings is 1. The van der Waals surface area contributed by atoms with Crippen molar-refractivity contribution >= 4 is 27.7 Å². The molecule has 1 fully saturated rings. The van der Waals surface area contributed by atoms with Gasteiger partial charge < -0.3 is 10.0 Å². The van der Waals surface area contributed by atoms with Crippen molar-refractivity contribution < 1.29 is 9.90 Å². The maximum Gasteiger partial charge on any atom is 0.339 e. The van der Waals surface area contributed by atoms with Gasteiger partial charge in [-0.3, -0.25) is 0 Å². The molecular weight excluding hydrogens is 320 g/mol. The van der Waals surface area contributed by atoms with Gasteiger partial charge in [-0.2, -0.15) is 0 Å². The van der Waals surface area contributed by atoms with Crippen LogP contribution in [0.3, 0.4) is 0 Å². The third-order valence-corrected chi connectivity index (χ3v) is 5.12. The van der Waals surface area contributed by atoms with Gasteiger partial charge in [0.15, 0.2) is 0 Å². The molecule has 0 bridgehead atoms. The molecule has 0 atom stereocenters. The Morgan fingerprint density at radius 3 is 2.50 bits per heavy atom. The van der Waals surface area contributed by atoms with E-state index in [0.29, 0.717) is 15.7 Å². The van der Waals surface area contributed by atoms with Crippen LogP contribution in [0.2, 0.25) is 0 Å². The van der Waals surface area contributed by atoms with E-state index in [1.165, 1.54) is 12.8 Å². The molecule has 1 saturated heterocycles. The number of nitrogens with zero attached hydrogens (tertiary/aromatic N) is 2. The molecule has 110 valence electrons. The van der Waals surface area contributed by atoms with Gasteiger partial charge >= 0.3 is 5.97 Å². The van der Waals surface area contributed by atoms with Gasteiger partial charge in [0, 0.05) is 23.8 Å². The largest absolute Gasteiger partial charge is 0.478 e. The number of hydrogen-bond acceptors (Lipinski definition) is 3. The molecule has 0 amide bonds. The fraction of sp³-hybridized carbons (Fsp3) is 0.600. The van der Waals surface area contributed by atoms with Gasteiger partial charge in [-0.15, -0.1) is 0 Å². The van der Waals surface area contributed by atoms with Crippen molar-refractivity contribution in [3.05, 3.63) is 22.3 Å². The fourth-order valence-corrected chi connectivity index (χ4v) is 3.32. The number of rotatable bonds is 4. The number of carboxylic acid groups (broad SMARTS) is 1. The lowest BCUT2D eigenvalue weighted by atomic mass is 9.74. The van der Waals surface area contributed by atoms with Gasteiger partial charge in [-0.1, -0.05) is 26.7 Å². The van der Waals surface area contributed by atoms with Crippen LogP contribution in [0, 0.1) is 5.41 Å². The first kappa shape index (κ1) is 15.3. The molecule has 1 aliphatic heterocycles. The molecule has 1 N–H and O–H groups in total. The smallest absolute Gasteiger partial charge is 0.339 e. The lowest BCUT2D eigenvalue weighted by Gasteiger charge is -2.41. The Morgan fingerprint density at radius 2 is 2.00 bits per heavy atom. The van der Waals surface area contributed by atoms with E-state index in [1.54, 1.807) is 12.3 Å². The Kier molecular flexibility index (Phi) is 4.68. The Morgan fingerprint density at radius 1 is 1.40 bits per heavy atom. The number of aromatic carboxylic acids is 1. The molecule has 0 spiro atoms. The molecule has 20 heavy (non-hydrogen) atoms. The first-order valence-electron chi connectivity index (χ1n) is 7.15. The van der Waals surface area contributed by atoms with Crippen LogP contribution in [0.25, 0.3) is 0 Å². The SMILES string of the molecule is CCC1(CC)CCN(c2ncc(Br)cc2C(=O)O)CC1. The Hall–Kier alpha value is -1.10. The molecule has 0 aliphatic carbocycles. The highest BCUT2D eigenvalue weighted by Crippen LogP contribution is 2.39. The highest BCUT2D eigenvalue weighted by molar-refractivity contribution is 9.10. The van der Waals surface area contributed by atoms with Crippen LogP contribution in [0.5, 0.6) is 0 Å². The van der Waals surface area contributed by atoms with Crippen LogP contribution < -0.4 is 4.90 Å². The van der Waals surface area contributed by atoms with Crippen LogP contribution >= 0.6 is 15.9 Å². The summed E-state index contributed by atoms with van der Waals surface area (Å²) >= 11 is 3.28. The topological polar surface area (TPSA) is 53.4 Å². The van der Waals surface area contributed by atoms with Gasteiger partial charge in [0.1, 0.15) is 11.4 Å². The lowest BCUT2D eigenvalue weighted by Crippen LogP contribution is -2.40. The van der Waals surface area contributed by atoms with Gasteiger partial charge in [-0.05, 0) is 40.3 Å². The highest BCUT2D eigenvalue weighted by atomic mass is 79.9. The van der Waals surface area contributed by atoms with E-state index in [4.69, 9.17) is 0 Å². The minimum absolute atomic E-state index is 0.278. The third kappa shape index (κ3) is 2.97. The standard InChI is InChI=1S/C15H21BrN2O2/c1-3-15(4-2)5-7-18(8-6-15)13-12(14(19)20)9-11(16)10-17-13/h9-10H,3-8H2,1-2H3,(H,19,20). The minimum atomic E-state index is -0.920. The predicted octanol–water partition coefficient (Wildman–Crippen LogP) is 3.95. The molecule has 1 aliphatic rings. The third-order valence-electron chi connectivity index (χ3n) is 4.69. The van der Waals surface area contributed by atoms with E-state index in [2.05, 4.69) is 39.7 Å². The van der Waals surface area contributed by atoms with Gasteiger partial charge in [0.05, 0.1) is 0 Å². The monoisotopic (exact) mass is 340 g/mol. The summed E-state index contributed by atoms with van der Waals surface area (Å²) in [4.78, 5) is 17.8. The second-order valence-corrected chi connectivity index (χ2v) is 6.44. The van der Waals surface area contributed by atoms with Crippen molar-refractivity contribution in [2.45, 2.75) is 39.5 Å². The summed E-state index contributed by atoms with van der Waals surface area (Å²) in [5.41, 5.74) is 0.704. The van der Waals surface area contributed by atoms with E-state index in [1.807, 2.05) is 0 Å². The van der Waals surface area contributed by atoms with Crippen molar-refractivity contribution in [3.63, 3.8) is 0 Å². The Bertz CT molecular complexity index is 491. The summed E-state index contributed by atoms with van der Waals surface area (Å²) in [6.07, 6.45) is 6.27. The van der Waals surface area contributed by atoms with Crippen LogP contribution in [0.1, 0.15) is 49.9 Å². The number of anilines is 1. The zero-order chi connectivity index (χ0) is 14.8. The quantitative estimate of drug-likeness (QED) is 0.901. The predicted molar refractivity (Wildman–Crippen MR) is 83.4 cm³/mol. The molecule has 5 heteroatoms. The number of pyridine rings is 1. The van der Waals surface area contributed by atoms with Crippen LogP contribution in [0.4, 0.5) is 5.82 Å². The van der Waals surface area contributed by atoms with E-state index < -0.39 is 5.97 Å². The number of hydrogen-bond donors (Lipinski definition) is 1. The van der Waals surface area contributed by atoms with Crippen molar-refractivity contribution in [2.24, 2.45) is 5.41 Å². The first-order valence-corrected chi connectivity index (χ1v) is 7.94. The second-order valence-electron chi connectivity index (χ2n) is 5.52. The molecule has 4 nitrogen and oxygen atoms in total. The summed E-state index contributed by atoms with van der Waals surface area (Å²) in [6.45, 7) is 6.27. The van der Waals surface area contributed by atoms with E-state index in [0.717, 1.165) is 25.9 Å². The molecule has 2 rings (SSSR count). The summed E-state index contributed by atoms with van der Waals surface area (Å²) in [5, 5.41) is 9.33. The zero-order valence-corrected chi connectivity index (χ0v) is 13.6. The lowest BCUT2D eigenvalue weighted by molar-refractivity contribution is 0.0697. The Labute approximate surface area is 128 Å². The maximum atomic E-state index is 11.4. The number of aromatic nitrogens is 1. The summed E-state index contributed by atoms with van der Waals surface area (Å²) in [7, 11) is 0. The van der Waals surface area contributed by atoms with Gasteiger partial charge in [-0.25, -0.2) is 9.78 Å². The molecular formula is C15H21BrN2O2. The molecule has 2 heterocycles. The van der Waals surface area contributed by atoms with E-state index >= 15 is 0 Å². The molecule has 0 unspecified atom stereocenters. The maximum absolute atomic E-state index is 11.4. The number of halogens is 1. The summed E-state index contributed by atoms with van der Waals surface area (Å²) < 4.78 is 0.701. The highest BCUT2D eigenvalue weighted by Gasteiger charge is 2.32. The normalized spacial score (nSPS) is 18.1. The van der Waals surface area contributed by atoms with Gasteiger partial charge in [0.2, 0.25) is 0 Å². The minimum Gasteiger partial charge on any atom is -0.478 e. The molecule has 0 radical (unpaired) electrons. The van der Waals surface area contributed by atoms with Crippen molar-refractivity contribution in [2.75, 3.05) is 18.0 Å². The average molecular weight is 341 g/mol. The van der Waals surface area contributed by atoms with Crippen molar-refractivity contribution in [3.8, 4) is 0 Å². The van der Waals surface area contributed by atoms with Gasteiger partial charge in [0.25, 0.3) is 0 Å². The summed E-state index contributed by atoms with van der Waals surface area (Å²) in [6, 6.07) is 1.63. The second kappa shape index (κ2) is 6.12. The van der Waals surface area contributed by atoms with Crippen LogP contribution in [-0.2, 0) is 0 Å². The number of carbonyl (C=O) groups is 1. The van der Waals surface area contributed by atoms with Crippen molar-refractivity contribution in [1.29, 1.82) is 0 Å². The number of carboxylic acids is 1. The Balaban J connectivity index is 2.21. The van der Waals surface area contributed by atoms with Crippen molar-refractivity contribution in [1.82, 2.24) is 4.98 Å². The summed E-state index contributed by atoms with van der Waals surface area (Å²) in [5.74, 6) is -0.321. The fourth-order valence-electron chi connectivity index (χ4n) is 2.99. The average Bonchev–Trinajstić information content (AvgIpc) is 2.47. The molecule has 0 aromatic carbocycles. The molecule has 1 aromatic rings. The van der Waals surface area contributed by atoms with E-state index in [9.17, 15) is 9.90 Å².